The second kappa shape index (κ2) is 9.74. The minimum Gasteiger partial charge on any atom is -0.481 e. The average molecular weight is 442 g/mol. The Balaban J connectivity index is 1.82. The van der Waals surface area contributed by atoms with Gasteiger partial charge >= 0.3 is 5.97 Å². The topological polar surface area (TPSA) is 78.6 Å². The van der Waals surface area contributed by atoms with E-state index in [0.29, 0.717) is 12.4 Å². The van der Waals surface area contributed by atoms with Crippen LogP contribution in [0.1, 0.15) is 43.4 Å². The van der Waals surface area contributed by atoms with Gasteiger partial charge in [0.25, 0.3) is 0 Å². The summed E-state index contributed by atoms with van der Waals surface area (Å²) in [5, 5.41) is 2.35. The molecule has 0 fully saturated rings. The van der Waals surface area contributed by atoms with Crippen LogP contribution in [0, 0.1) is 0 Å². The third-order valence-corrected chi connectivity index (χ3v) is 5.75. The number of hydrogen-bond donors (Lipinski definition) is 1. The first-order valence-electron chi connectivity index (χ1n) is 11.1. The molecule has 5 heteroatoms. The Kier molecular flexibility index (Phi) is 6.59. The van der Waals surface area contributed by atoms with Gasteiger partial charge in [-0.15, -0.1) is 0 Å². The lowest BCUT2D eigenvalue weighted by Crippen LogP contribution is -2.15. The molecule has 0 aliphatic heterocycles. The molecule has 0 spiro atoms. The molecular formula is C28H27NO4. The van der Waals surface area contributed by atoms with Crippen LogP contribution in [0.5, 0.6) is 5.75 Å². The van der Waals surface area contributed by atoms with E-state index in [1.165, 1.54) is 5.39 Å². The van der Waals surface area contributed by atoms with Crippen molar-refractivity contribution in [2.45, 2.75) is 26.7 Å². The predicted molar refractivity (Wildman–Crippen MR) is 131 cm³/mol. The molecular weight excluding hydrogens is 414 g/mol. The largest absolute Gasteiger partial charge is 0.481 e. The molecule has 5 nitrogen and oxygen atoms in total. The monoisotopic (exact) mass is 441 g/mol. The van der Waals surface area contributed by atoms with Crippen molar-refractivity contribution in [2.24, 2.45) is 5.73 Å². The number of amides is 1. The molecule has 4 rings (SSSR count). The molecule has 3 aromatic rings. The highest BCUT2D eigenvalue weighted by molar-refractivity contribution is 6.09. The number of primary amides is 1. The second-order valence-electron chi connectivity index (χ2n) is 7.89. The Morgan fingerprint density at radius 3 is 2.45 bits per heavy atom. The Bertz CT molecular complexity index is 1290. The minimum absolute atomic E-state index is 0.102. The van der Waals surface area contributed by atoms with Gasteiger partial charge < -0.3 is 15.2 Å². The zero-order chi connectivity index (χ0) is 23.4. The van der Waals surface area contributed by atoms with Crippen molar-refractivity contribution >= 4 is 39.9 Å². The number of rotatable bonds is 8. The summed E-state index contributed by atoms with van der Waals surface area (Å²) in [6.45, 7) is 3.92. The summed E-state index contributed by atoms with van der Waals surface area (Å²) in [5.41, 5.74) is 11.4. The summed E-state index contributed by atoms with van der Waals surface area (Å²) >= 11 is 0. The lowest BCUT2D eigenvalue weighted by molar-refractivity contribution is -0.145. The summed E-state index contributed by atoms with van der Waals surface area (Å²) in [5.74, 6) is -0.296. The van der Waals surface area contributed by atoms with Crippen LogP contribution in [-0.2, 0) is 14.3 Å². The fraction of sp³-hybridized carbons (Fsp3) is 0.214. The first kappa shape index (κ1) is 22.3. The SMILES string of the molecule is CCOC(=O)COc1cccc2c1C(CC(N)=O)=C(CC)/C2=C/c1ccc2ccccc2c1. The number of nitrogens with two attached hydrogens (primary N) is 1. The first-order valence-corrected chi connectivity index (χ1v) is 11.1. The number of allylic oxidation sites excluding steroid dienone is 2. The fourth-order valence-corrected chi connectivity index (χ4v) is 4.40. The van der Waals surface area contributed by atoms with Crippen molar-refractivity contribution in [1.29, 1.82) is 0 Å². The molecule has 3 aromatic carbocycles. The fourth-order valence-electron chi connectivity index (χ4n) is 4.40. The molecule has 0 aromatic heterocycles. The van der Waals surface area contributed by atoms with Crippen molar-refractivity contribution < 1.29 is 19.1 Å². The van der Waals surface area contributed by atoms with Gasteiger partial charge in [0.2, 0.25) is 5.91 Å². The van der Waals surface area contributed by atoms with Crippen molar-refractivity contribution in [1.82, 2.24) is 0 Å². The van der Waals surface area contributed by atoms with Gasteiger partial charge in [-0.3, -0.25) is 4.79 Å². The number of benzene rings is 3. The molecule has 2 N–H and O–H groups in total. The first-order chi connectivity index (χ1) is 16.0. The van der Waals surface area contributed by atoms with E-state index in [2.05, 4.69) is 43.3 Å². The van der Waals surface area contributed by atoms with E-state index in [9.17, 15) is 9.59 Å². The number of carbonyl (C=O) groups is 2. The van der Waals surface area contributed by atoms with Crippen molar-refractivity contribution in [3.63, 3.8) is 0 Å². The van der Waals surface area contributed by atoms with Crippen LogP contribution in [0.3, 0.4) is 0 Å². The van der Waals surface area contributed by atoms with E-state index in [-0.39, 0.29) is 13.0 Å². The predicted octanol–water partition coefficient (Wildman–Crippen LogP) is 5.37. The molecule has 0 radical (unpaired) electrons. The Hall–Kier alpha value is -3.86. The smallest absolute Gasteiger partial charge is 0.344 e. The Morgan fingerprint density at radius 2 is 1.73 bits per heavy atom. The van der Waals surface area contributed by atoms with Gasteiger partial charge in [-0.25, -0.2) is 4.79 Å². The molecule has 0 heterocycles. The van der Waals surface area contributed by atoms with Crippen LogP contribution in [0.4, 0.5) is 0 Å². The molecule has 0 saturated heterocycles. The van der Waals surface area contributed by atoms with Crippen LogP contribution >= 0.6 is 0 Å². The maximum atomic E-state index is 12.0. The van der Waals surface area contributed by atoms with Crippen molar-refractivity contribution in [3.8, 4) is 5.75 Å². The van der Waals surface area contributed by atoms with Gasteiger partial charge in [-0.2, -0.15) is 0 Å². The van der Waals surface area contributed by atoms with Gasteiger partial charge in [0.05, 0.1) is 13.0 Å². The zero-order valence-corrected chi connectivity index (χ0v) is 18.9. The van der Waals surface area contributed by atoms with Gasteiger partial charge in [0.15, 0.2) is 6.61 Å². The van der Waals surface area contributed by atoms with Gasteiger partial charge in [0.1, 0.15) is 5.75 Å². The Labute approximate surface area is 193 Å². The zero-order valence-electron chi connectivity index (χ0n) is 18.9. The molecule has 1 aliphatic rings. The van der Waals surface area contributed by atoms with Gasteiger partial charge in [-0.05, 0) is 70.2 Å². The van der Waals surface area contributed by atoms with Crippen LogP contribution in [0.15, 0.2) is 66.2 Å². The maximum Gasteiger partial charge on any atom is 0.344 e. The van der Waals surface area contributed by atoms with Gasteiger partial charge in [0, 0.05) is 5.56 Å². The van der Waals surface area contributed by atoms with E-state index in [1.54, 1.807) is 6.92 Å². The molecule has 33 heavy (non-hydrogen) atoms. The standard InChI is InChI=1S/C28H27NO4/c1-3-21-23(15-18-12-13-19-8-5-6-9-20(19)14-18)22-10-7-11-25(33-17-27(31)32-4-2)28(22)24(21)16-26(29)30/h5-15H,3-4,16-17H2,1-2H3,(H2,29,30)/b23-15-. The van der Waals surface area contributed by atoms with Gasteiger partial charge in [-0.1, -0.05) is 55.5 Å². The highest BCUT2D eigenvalue weighted by atomic mass is 16.6. The van der Waals surface area contributed by atoms with Crippen molar-refractivity contribution in [3.05, 3.63) is 82.9 Å². The molecule has 1 aliphatic carbocycles. The minimum atomic E-state index is -0.434. The van der Waals surface area contributed by atoms with E-state index in [1.807, 2.05) is 30.3 Å². The van der Waals surface area contributed by atoms with Crippen LogP contribution in [0.25, 0.3) is 28.0 Å². The third kappa shape index (κ3) is 4.67. The summed E-state index contributed by atoms with van der Waals surface area (Å²) in [6, 6.07) is 20.3. The molecule has 168 valence electrons. The normalized spacial score (nSPS) is 13.9. The molecule has 0 unspecified atom stereocenters. The maximum absolute atomic E-state index is 12.0. The number of esters is 1. The summed E-state index contributed by atoms with van der Waals surface area (Å²) < 4.78 is 10.8. The van der Waals surface area contributed by atoms with Crippen molar-refractivity contribution in [2.75, 3.05) is 13.2 Å². The van der Waals surface area contributed by atoms with E-state index >= 15 is 0 Å². The van der Waals surface area contributed by atoms with Crippen LogP contribution < -0.4 is 10.5 Å². The van der Waals surface area contributed by atoms with E-state index < -0.39 is 11.9 Å². The molecule has 0 bridgehead atoms. The molecule has 1 amide bonds. The molecule has 0 saturated carbocycles. The average Bonchev–Trinajstić information content (AvgIpc) is 3.10. The van der Waals surface area contributed by atoms with Crippen LogP contribution in [-0.4, -0.2) is 25.1 Å². The summed E-state index contributed by atoms with van der Waals surface area (Å²) in [7, 11) is 0. The molecule has 0 atom stereocenters. The number of hydrogen-bond acceptors (Lipinski definition) is 4. The van der Waals surface area contributed by atoms with Crippen LogP contribution in [0.2, 0.25) is 0 Å². The van der Waals surface area contributed by atoms with E-state index in [0.717, 1.165) is 45.2 Å². The second-order valence-corrected chi connectivity index (χ2v) is 7.89. The summed E-state index contributed by atoms with van der Waals surface area (Å²) in [6.07, 6.45) is 2.98. The number of fused-ring (bicyclic) bond motifs is 2. The third-order valence-electron chi connectivity index (χ3n) is 5.75. The lowest BCUT2D eigenvalue weighted by Gasteiger charge is -2.13. The lowest BCUT2D eigenvalue weighted by atomic mass is 9.97. The highest BCUT2D eigenvalue weighted by Crippen LogP contribution is 2.48. The quantitative estimate of drug-likeness (QED) is 0.476. The highest BCUT2D eigenvalue weighted by Gasteiger charge is 2.29. The van der Waals surface area contributed by atoms with E-state index in [4.69, 9.17) is 15.2 Å². The summed E-state index contributed by atoms with van der Waals surface area (Å²) in [4.78, 5) is 23.8. The Morgan fingerprint density at radius 1 is 0.939 bits per heavy atom. The number of carbonyl (C=O) groups excluding carboxylic acids is 2. The number of ether oxygens (including phenoxy) is 2.